The lowest BCUT2D eigenvalue weighted by Gasteiger charge is -2.17. The summed E-state index contributed by atoms with van der Waals surface area (Å²) in [6, 6.07) is 0.921. The Labute approximate surface area is 115 Å². The van der Waals surface area contributed by atoms with Crippen LogP contribution in [0.15, 0.2) is 12.3 Å². The van der Waals surface area contributed by atoms with Gasteiger partial charge in [-0.25, -0.2) is 4.98 Å². The van der Waals surface area contributed by atoms with Gasteiger partial charge in [0.15, 0.2) is 0 Å². The molecule has 3 N–H and O–H groups in total. The highest BCUT2D eigenvalue weighted by Gasteiger charge is 2.32. The zero-order chi connectivity index (χ0) is 15.2. The van der Waals surface area contributed by atoms with Crippen LogP contribution in [-0.4, -0.2) is 50.3 Å². The van der Waals surface area contributed by atoms with Crippen molar-refractivity contribution in [3.8, 4) is 0 Å². The van der Waals surface area contributed by atoms with Crippen LogP contribution in [0.5, 0.6) is 0 Å². The first-order valence-corrected chi connectivity index (χ1v) is 6.08. The Balaban J connectivity index is 2.55. The molecular weight excluding hydrogens is 273 g/mol. The summed E-state index contributed by atoms with van der Waals surface area (Å²) >= 11 is 0. The van der Waals surface area contributed by atoms with Gasteiger partial charge in [-0.1, -0.05) is 0 Å². The van der Waals surface area contributed by atoms with Crippen LogP contribution in [-0.2, 0) is 10.9 Å². The van der Waals surface area contributed by atoms with Crippen LogP contribution in [0.2, 0.25) is 0 Å². The number of ether oxygens (including phenoxy) is 1. The van der Waals surface area contributed by atoms with Crippen LogP contribution in [0.25, 0.3) is 0 Å². The minimum Gasteiger partial charge on any atom is -0.396 e. The third-order valence-corrected chi connectivity index (χ3v) is 2.71. The van der Waals surface area contributed by atoms with Gasteiger partial charge in [0.1, 0.15) is 5.69 Å². The van der Waals surface area contributed by atoms with Crippen LogP contribution in [0.4, 0.5) is 24.5 Å². The molecule has 1 aromatic heterocycles. The van der Waals surface area contributed by atoms with Crippen molar-refractivity contribution in [3.05, 3.63) is 18.0 Å². The highest BCUT2D eigenvalue weighted by atomic mass is 19.4. The van der Waals surface area contributed by atoms with Crippen LogP contribution >= 0.6 is 0 Å². The number of nitrogen functional groups attached to an aromatic ring is 1. The fourth-order valence-corrected chi connectivity index (χ4v) is 1.51. The Morgan fingerprint density at radius 2 is 2.10 bits per heavy atom. The van der Waals surface area contributed by atoms with Crippen molar-refractivity contribution in [1.82, 2.24) is 9.88 Å². The molecule has 0 radical (unpaired) electrons. The maximum atomic E-state index is 12.5. The van der Waals surface area contributed by atoms with Crippen molar-refractivity contribution in [2.24, 2.45) is 0 Å². The van der Waals surface area contributed by atoms with Crippen LogP contribution in [0.1, 0.15) is 5.69 Å². The standard InChI is InChI=1S/C12H19F3N4O/c1-19(5-6-20-2)4-3-17-10-7-11(12(13,14)15)18-8-9(10)16/h7-8H,3-6,16H2,1-2H3,(H,17,18). The van der Waals surface area contributed by atoms with Crippen LogP contribution < -0.4 is 11.1 Å². The lowest BCUT2D eigenvalue weighted by Crippen LogP contribution is -2.28. The molecule has 0 spiro atoms. The molecule has 0 bridgehead atoms. The maximum Gasteiger partial charge on any atom is 0.433 e. The average Bonchev–Trinajstić information content (AvgIpc) is 2.37. The van der Waals surface area contributed by atoms with Crippen molar-refractivity contribution in [2.75, 3.05) is 51.4 Å². The second kappa shape index (κ2) is 7.30. The van der Waals surface area contributed by atoms with Gasteiger partial charge in [0.25, 0.3) is 0 Å². The Hall–Kier alpha value is -1.54. The van der Waals surface area contributed by atoms with Crippen molar-refractivity contribution < 1.29 is 17.9 Å². The van der Waals surface area contributed by atoms with E-state index < -0.39 is 11.9 Å². The molecular formula is C12H19F3N4O. The first kappa shape index (κ1) is 16.5. The third kappa shape index (κ3) is 5.22. The second-order valence-electron chi connectivity index (χ2n) is 4.38. The lowest BCUT2D eigenvalue weighted by molar-refractivity contribution is -0.141. The van der Waals surface area contributed by atoms with Gasteiger partial charge in [0, 0.05) is 26.7 Å². The largest absolute Gasteiger partial charge is 0.433 e. The molecule has 1 aromatic rings. The Morgan fingerprint density at radius 3 is 2.70 bits per heavy atom. The SMILES string of the molecule is COCCN(C)CCNc1cc(C(F)(F)F)ncc1N. The summed E-state index contributed by atoms with van der Waals surface area (Å²) in [7, 11) is 3.51. The van der Waals surface area contributed by atoms with E-state index in [1.54, 1.807) is 7.11 Å². The number of aromatic nitrogens is 1. The van der Waals surface area contributed by atoms with Gasteiger partial charge in [0.05, 0.1) is 24.2 Å². The molecule has 0 atom stereocenters. The number of hydrogen-bond acceptors (Lipinski definition) is 5. The summed E-state index contributed by atoms with van der Waals surface area (Å²) in [6.45, 7) is 2.49. The third-order valence-electron chi connectivity index (χ3n) is 2.71. The molecule has 0 aromatic carbocycles. The molecule has 8 heteroatoms. The van der Waals surface area contributed by atoms with Crippen molar-refractivity contribution in [2.45, 2.75) is 6.18 Å². The van der Waals surface area contributed by atoms with E-state index in [0.717, 1.165) is 18.8 Å². The van der Waals surface area contributed by atoms with Gasteiger partial charge in [-0.15, -0.1) is 0 Å². The quantitative estimate of drug-likeness (QED) is 0.800. The number of pyridine rings is 1. The van der Waals surface area contributed by atoms with Gasteiger partial charge in [0.2, 0.25) is 0 Å². The normalized spacial score (nSPS) is 11.9. The van der Waals surface area contributed by atoms with Crippen LogP contribution in [0, 0.1) is 0 Å². The molecule has 0 aliphatic rings. The molecule has 5 nitrogen and oxygen atoms in total. The minimum absolute atomic E-state index is 0.192. The smallest absolute Gasteiger partial charge is 0.396 e. The molecule has 0 amide bonds. The van der Waals surface area contributed by atoms with Gasteiger partial charge in [-0.2, -0.15) is 13.2 Å². The molecule has 0 fully saturated rings. The van der Waals surface area contributed by atoms with Gasteiger partial charge in [-0.05, 0) is 13.1 Å². The number of anilines is 2. The van der Waals surface area contributed by atoms with E-state index >= 15 is 0 Å². The Morgan fingerprint density at radius 1 is 1.40 bits per heavy atom. The number of likely N-dealkylation sites (N-methyl/N-ethyl adjacent to an activating group) is 1. The van der Waals surface area contributed by atoms with Crippen molar-refractivity contribution >= 4 is 11.4 Å². The number of nitrogens with zero attached hydrogens (tertiary/aromatic N) is 2. The van der Waals surface area contributed by atoms with E-state index in [1.165, 1.54) is 0 Å². The molecule has 1 rings (SSSR count). The van der Waals surface area contributed by atoms with Crippen LogP contribution in [0.3, 0.4) is 0 Å². The summed E-state index contributed by atoms with van der Waals surface area (Å²) < 4.78 is 42.5. The zero-order valence-electron chi connectivity index (χ0n) is 11.5. The maximum absolute atomic E-state index is 12.5. The number of halogens is 3. The van der Waals surface area contributed by atoms with Crippen molar-refractivity contribution in [3.63, 3.8) is 0 Å². The number of nitrogens with two attached hydrogens (primary N) is 1. The summed E-state index contributed by atoms with van der Waals surface area (Å²) in [5.74, 6) is 0. The number of nitrogens with one attached hydrogen (secondary N) is 1. The molecule has 114 valence electrons. The second-order valence-corrected chi connectivity index (χ2v) is 4.38. The highest BCUT2D eigenvalue weighted by Crippen LogP contribution is 2.30. The molecule has 0 unspecified atom stereocenters. The fourth-order valence-electron chi connectivity index (χ4n) is 1.51. The van der Waals surface area contributed by atoms with E-state index in [-0.39, 0.29) is 11.4 Å². The number of rotatable bonds is 7. The van der Waals surface area contributed by atoms with E-state index in [0.29, 0.717) is 19.7 Å². The first-order chi connectivity index (χ1) is 9.34. The van der Waals surface area contributed by atoms with Gasteiger partial charge in [-0.3, -0.25) is 0 Å². The molecule has 20 heavy (non-hydrogen) atoms. The molecule has 0 saturated heterocycles. The molecule has 0 aliphatic carbocycles. The van der Waals surface area contributed by atoms with E-state index in [4.69, 9.17) is 10.5 Å². The van der Waals surface area contributed by atoms with Gasteiger partial charge >= 0.3 is 6.18 Å². The topological polar surface area (TPSA) is 63.4 Å². The Bertz CT molecular complexity index is 426. The Kier molecular flexibility index (Phi) is 6.03. The monoisotopic (exact) mass is 292 g/mol. The first-order valence-electron chi connectivity index (χ1n) is 6.08. The summed E-state index contributed by atoms with van der Waals surface area (Å²) in [5, 5.41) is 2.89. The predicted octanol–water partition coefficient (Wildman–Crippen LogP) is 1.67. The molecule has 0 aliphatic heterocycles. The summed E-state index contributed by atoms with van der Waals surface area (Å²) in [6.07, 6.45) is -3.46. The zero-order valence-corrected chi connectivity index (χ0v) is 11.5. The predicted molar refractivity (Wildman–Crippen MR) is 71.5 cm³/mol. The summed E-state index contributed by atoms with van der Waals surface area (Å²) in [5.41, 5.74) is 5.08. The van der Waals surface area contributed by atoms with E-state index in [2.05, 4.69) is 10.3 Å². The number of hydrogen-bond donors (Lipinski definition) is 2. The lowest BCUT2D eigenvalue weighted by atomic mass is 10.2. The van der Waals surface area contributed by atoms with E-state index in [1.807, 2.05) is 11.9 Å². The van der Waals surface area contributed by atoms with Crippen molar-refractivity contribution in [1.29, 1.82) is 0 Å². The molecule has 0 saturated carbocycles. The fraction of sp³-hybridized carbons (Fsp3) is 0.583. The number of methoxy groups -OCH3 is 1. The average molecular weight is 292 g/mol. The van der Waals surface area contributed by atoms with Gasteiger partial charge < -0.3 is 20.7 Å². The van der Waals surface area contributed by atoms with E-state index in [9.17, 15) is 13.2 Å². The minimum atomic E-state index is -4.47. The summed E-state index contributed by atoms with van der Waals surface area (Å²) in [4.78, 5) is 5.28. The number of alkyl halides is 3. The highest BCUT2D eigenvalue weighted by molar-refractivity contribution is 5.65. The molecule has 1 heterocycles.